The van der Waals surface area contributed by atoms with Gasteiger partial charge in [0.25, 0.3) is 5.56 Å². The fraction of sp³-hybridized carbons (Fsp3) is 0.304. The van der Waals surface area contributed by atoms with E-state index in [0.29, 0.717) is 16.3 Å². The molecule has 0 radical (unpaired) electrons. The molecular formula is C23H24ClN3O2. The number of aromatic nitrogens is 1. The maximum absolute atomic E-state index is 13.1. The van der Waals surface area contributed by atoms with E-state index in [2.05, 4.69) is 10.3 Å². The predicted molar refractivity (Wildman–Crippen MR) is 118 cm³/mol. The van der Waals surface area contributed by atoms with Crippen LogP contribution in [0.5, 0.6) is 0 Å². The van der Waals surface area contributed by atoms with E-state index in [4.69, 9.17) is 11.6 Å². The fourth-order valence-corrected chi connectivity index (χ4v) is 4.19. The van der Waals surface area contributed by atoms with E-state index in [-0.39, 0.29) is 24.2 Å². The lowest BCUT2D eigenvalue weighted by atomic mass is 10.1. The number of carbonyl (C=O) groups excluding carboxylic acids is 1. The number of benzene rings is 2. The zero-order valence-electron chi connectivity index (χ0n) is 16.4. The van der Waals surface area contributed by atoms with Crippen LogP contribution in [0, 0.1) is 6.92 Å². The van der Waals surface area contributed by atoms with Crippen LogP contribution in [0.1, 0.15) is 36.8 Å². The molecule has 1 aromatic heterocycles. The Balaban J connectivity index is 1.65. The van der Waals surface area contributed by atoms with Crippen molar-refractivity contribution in [1.29, 1.82) is 0 Å². The van der Waals surface area contributed by atoms with E-state index in [1.807, 2.05) is 43.3 Å². The lowest BCUT2D eigenvalue weighted by Crippen LogP contribution is -2.42. The highest BCUT2D eigenvalue weighted by Gasteiger charge is 2.28. The molecule has 1 aliphatic carbocycles. The zero-order chi connectivity index (χ0) is 20.4. The Morgan fingerprint density at radius 2 is 1.93 bits per heavy atom. The summed E-state index contributed by atoms with van der Waals surface area (Å²) in [6.07, 6.45) is 4.07. The van der Waals surface area contributed by atoms with E-state index in [1.165, 1.54) is 0 Å². The Morgan fingerprint density at radius 1 is 1.17 bits per heavy atom. The molecule has 3 aromatic rings. The summed E-state index contributed by atoms with van der Waals surface area (Å²) in [5.74, 6) is 0. The van der Waals surface area contributed by atoms with Gasteiger partial charge >= 0.3 is 6.03 Å². The van der Waals surface area contributed by atoms with Gasteiger partial charge in [-0.15, -0.1) is 0 Å². The van der Waals surface area contributed by atoms with Crippen LogP contribution in [0.15, 0.2) is 53.3 Å². The van der Waals surface area contributed by atoms with Crippen molar-refractivity contribution in [1.82, 2.24) is 9.88 Å². The van der Waals surface area contributed by atoms with Crippen LogP contribution >= 0.6 is 11.6 Å². The molecule has 0 bridgehead atoms. The molecule has 0 saturated heterocycles. The van der Waals surface area contributed by atoms with Crippen LogP contribution in [0.3, 0.4) is 0 Å². The van der Waals surface area contributed by atoms with Gasteiger partial charge in [-0.1, -0.05) is 48.2 Å². The van der Waals surface area contributed by atoms with Crippen LogP contribution in [0.2, 0.25) is 5.02 Å². The summed E-state index contributed by atoms with van der Waals surface area (Å²) >= 11 is 6.21. The molecule has 0 atom stereocenters. The highest BCUT2D eigenvalue weighted by Crippen LogP contribution is 2.27. The first-order chi connectivity index (χ1) is 14.0. The standard InChI is InChI=1S/C23H24ClN3O2/c1-15-10-11-20-16(12-15)13-17(22(28)25-20)14-27(18-6-2-3-7-18)23(29)26-21-9-5-4-8-19(21)24/h4-5,8-13,18H,2-3,6-7,14H2,1H3,(H,25,28)(H,26,29). The minimum atomic E-state index is -0.228. The molecule has 29 heavy (non-hydrogen) atoms. The largest absolute Gasteiger partial charge is 0.322 e. The van der Waals surface area contributed by atoms with Gasteiger partial charge in [0.15, 0.2) is 0 Å². The molecule has 0 unspecified atom stereocenters. The summed E-state index contributed by atoms with van der Waals surface area (Å²) in [7, 11) is 0. The monoisotopic (exact) mass is 409 g/mol. The number of hydrogen-bond acceptors (Lipinski definition) is 2. The highest BCUT2D eigenvalue weighted by atomic mass is 35.5. The highest BCUT2D eigenvalue weighted by molar-refractivity contribution is 6.33. The molecule has 2 aromatic carbocycles. The van der Waals surface area contributed by atoms with Crippen molar-refractivity contribution in [3.8, 4) is 0 Å². The van der Waals surface area contributed by atoms with Crippen LogP contribution < -0.4 is 10.9 Å². The maximum atomic E-state index is 13.1. The molecule has 2 amide bonds. The van der Waals surface area contributed by atoms with E-state index in [1.54, 1.807) is 17.0 Å². The number of aromatic amines is 1. The number of halogens is 1. The quantitative estimate of drug-likeness (QED) is 0.600. The minimum Gasteiger partial charge on any atom is -0.322 e. The summed E-state index contributed by atoms with van der Waals surface area (Å²) in [5.41, 5.74) is 2.93. The van der Waals surface area contributed by atoms with Crippen molar-refractivity contribution in [2.45, 2.75) is 45.2 Å². The Labute approximate surface area is 174 Å². The number of H-pyrrole nitrogens is 1. The first-order valence-corrected chi connectivity index (χ1v) is 10.3. The molecule has 1 fully saturated rings. The Kier molecular flexibility index (Phi) is 5.58. The first-order valence-electron chi connectivity index (χ1n) is 9.96. The third kappa shape index (κ3) is 4.30. The lowest BCUT2D eigenvalue weighted by molar-refractivity contribution is 0.184. The fourth-order valence-electron chi connectivity index (χ4n) is 4.00. The third-order valence-corrected chi connectivity index (χ3v) is 5.89. The minimum absolute atomic E-state index is 0.116. The van der Waals surface area contributed by atoms with Crippen LogP contribution in [0.4, 0.5) is 10.5 Å². The van der Waals surface area contributed by atoms with Crippen molar-refractivity contribution in [2.75, 3.05) is 5.32 Å². The number of nitrogens with zero attached hydrogens (tertiary/aromatic N) is 1. The number of nitrogens with one attached hydrogen (secondary N) is 2. The Bertz CT molecular complexity index is 1100. The molecule has 1 aliphatic rings. The summed E-state index contributed by atoms with van der Waals surface area (Å²) in [6.45, 7) is 2.28. The molecular weight excluding hydrogens is 386 g/mol. The molecule has 150 valence electrons. The third-order valence-electron chi connectivity index (χ3n) is 5.56. The second-order valence-electron chi connectivity index (χ2n) is 7.69. The second-order valence-corrected chi connectivity index (χ2v) is 8.10. The molecule has 5 nitrogen and oxygen atoms in total. The van der Waals surface area contributed by atoms with Gasteiger partial charge in [-0.3, -0.25) is 4.79 Å². The van der Waals surface area contributed by atoms with Crippen molar-refractivity contribution < 1.29 is 4.79 Å². The first kappa shape index (κ1) is 19.5. The van der Waals surface area contributed by atoms with Gasteiger partial charge in [0, 0.05) is 17.1 Å². The Morgan fingerprint density at radius 3 is 2.69 bits per heavy atom. The summed E-state index contributed by atoms with van der Waals surface area (Å²) in [4.78, 5) is 30.5. The van der Waals surface area contributed by atoms with Gasteiger partial charge in [0.05, 0.1) is 17.3 Å². The maximum Gasteiger partial charge on any atom is 0.322 e. The number of amides is 2. The number of urea groups is 1. The van der Waals surface area contributed by atoms with Gasteiger partial charge in [-0.2, -0.15) is 0 Å². The number of pyridine rings is 1. The number of hydrogen-bond donors (Lipinski definition) is 2. The van der Waals surface area contributed by atoms with Crippen molar-refractivity contribution in [3.05, 3.63) is 75.0 Å². The van der Waals surface area contributed by atoms with Crippen LogP contribution in [0.25, 0.3) is 10.9 Å². The average molecular weight is 410 g/mol. The number of fused-ring (bicyclic) bond motifs is 1. The summed E-state index contributed by atoms with van der Waals surface area (Å²) < 4.78 is 0. The van der Waals surface area contributed by atoms with E-state index >= 15 is 0 Å². The molecule has 2 N–H and O–H groups in total. The smallest absolute Gasteiger partial charge is 0.322 e. The molecule has 6 heteroatoms. The Hall–Kier alpha value is -2.79. The molecule has 1 heterocycles. The lowest BCUT2D eigenvalue weighted by Gasteiger charge is -2.29. The summed E-state index contributed by atoms with van der Waals surface area (Å²) in [6, 6.07) is 14.9. The van der Waals surface area contributed by atoms with E-state index in [9.17, 15) is 9.59 Å². The van der Waals surface area contributed by atoms with Gasteiger partial charge < -0.3 is 15.2 Å². The zero-order valence-corrected chi connectivity index (χ0v) is 17.1. The van der Waals surface area contributed by atoms with Gasteiger partial charge in [-0.05, 0) is 55.5 Å². The number of aryl methyl sites for hydroxylation is 1. The summed E-state index contributed by atoms with van der Waals surface area (Å²) in [5, 5.41) is 4.38. The normalized spacial score (nSPS) is 14.3. The van der Waals surface area contributed by atoms with Crippen molar-refractivity contribution in [3.63, 3.8) is 0 Å². The van der Waals surface area contributed by atoms with Gasteiger partial charge in [-0.25, -0.2) is 4.79 Å². The molecule has 0 aliphatic heterocycles. The molecule has 1 saturated carbocycles. The van der Waals surface area contributed by atoms with Gasteiger partial charge in [0.2, 0.25) is 0 Å². The van der Waals surface area contributed by atoms with Gasteiger partial charge in [0.1, 0.15) is 0 Å². The van der Waals surface area contributed by atoms with Crippen LogP contribution in [-0.2, 0) is 6.54 Å². The SMILES string of the molecule is Cc1ccc2[nH]c(=O)c(CN(C(=O)Nc3ccccc3Cl)C3CCCC3)cc2c1. The molecule has 4 rings (SSSR count). The van der Waals surface area contributed by atoms with Crippen molar-refractivity contribution in [2.24, 2.45) is 0 Å². The topological polar surface area (TPSA) is 65.2 Å². The number of rotatable bonds is 4. The van der Waals surface area contributed by atoms with E-state index < -0.39 is 0 Å². The predicted octanol–water partition coefficient (Wildman–Crippen LogP) is 5.47. The average Bonchev–Trinajstić information content (AvgIpc) is 3.22. The van der Waals surface area contributed by atoms with Crippen molar-refractivity contribution >= 4 is 34.2 Å². The number of carbonyl (C=O) groups is 1. The van der Waals surface area contributed by atoms with Crippen LogP contribution in [-0.4, -0.2) is 22.0 Å². The number of anilines is 1. The number of para-hydroxylation sites is 1. The second kappa shape index (κ2) is 8.29. The molecule has 0 spiro atoms. The van der Waals surface area contributed by atoms with E-state index in [0.717, 1.165) is 42.1 Å².